The number of β-amino-alcohol motifs (C(OH)–C–C–N with tert-alkyl or cyclic N) is 1. The van der Waals surface area contributed by atoms with Gasteiger partial charge >= 0.3 is 5.97 Å². The largest absolute Gasteiger partial charge is 0.480 e. The quantitative estimate of drug-likeness (QED) is 0.710. The second kappa shape index (κ2) is 7.13. The molecule has 3 heterocycles. The molecule has 1 aromatic heterocycles. The van der Waals surface area contributed by atoms with Crippen LogP contribution in [0.2, 0.25) is 0 Å². The Morgan fingerprint density at radius 2 is 2.04 bits per heavy atom. The van der Waals surface area contributed by atoms with Gasteiger partial charge in [0.25, 0.3) is 0 Å². The van der Waals surface area contributed by atoms with Gasteiger partial charge in [-0.05, 0) is 25.7 Å². The van der Waals surface area contributed by atoms with Crippen LogP contribution in [0.5, 0.6) is 0 Å². The summed E-state index contributed by atoms with van der Waals surface area (Å²) in [6.07, 6.45) is 3.77. The maximum Gasteiger partial charge on any atom is 0.317 e. The molecule has 138 valence electrons. The van der Waals surface area contributed by atoms with Crippen molar-refractivity contribution in [3.05, 3.63) is 11.3 Å². The van der Waals surface area contributed by atoms with Gasteiger partial charge in [-0.3, -0.25) is 9.69 Å². The molecule has 0 spiro atoms. The summed E-state index contributed by atoms with van der Waals surface area (Å²) < 4.78 is 0. The first-order valence-corrected chi connectivity index (χ1v) is 8.97. The van der Waals surface area contributed by atoms with Gasteiger partial charge in [0.15, 0.2) is 0 Å². The zero-order chi connectivity index (χ0) is 18.0. The maximum atomic E-state index is 11.0. The van der Waals surface area contributed by atoms with Gasteiger partial charge in [-0.2, -0.15) is 4.98 Å². The number of nitrogens with two attached hydrogens (primary N) is 1. The molecule has 0 amide bonds. The summed E-state index contributed by atoms with van der Waals surface area (Å²) in [5.74, 6) is 0.234. The van der Waals surface area contributed by atoms with Crippen LogP contribution in [0.25, 0.3) is 0 Å². The molecule has 1 aromatic rings. The molecule has 0 bridgehead atoms. The third kappa shape index (κ3) is 4.01. The van der Waals surface area contributed by atoms with Gasteiger partial charge in [-0.25, -0.2) is 4.98 Å². The van der Waals surface area contributed by atoms with Crippen LogP contribution in [0, 0.1) is 0 Å². The molecule has 2 aliphatic heterocycles. The normalized spacial score (nSPS) is 24.6. The van der Waals surface area contributed by atoms with E-state index in [0.717, 1.165) is 36.5 Å². The molecule has 3 rings (SSSR count). The lowest BCUT2D eigenvalue weighted by atomic mass is 9.90. The minimum atomic E-state index is -0.819. The van der Waals surface area contributed by atoms with Crippen molar-refractivity contribution in [1.82, 2.24) is 14.9 Å². The highest BCUT2D eigenvalue weighted by Gasteiger charge is 2.34. The first kappa shape index (κ1) is 17.9. The molecule has 0 aliphatic carbocycles. The molecular weight excluding hydrogens is 322 g/mol. The van der Waals surface area contributed by atoms with Crippen LogP contribution in [-0.4, -0.2) is 69.4 Å². The summed E-state index contributed by atoms with van der Waals surface area (Å²) in [4.78, 5) is 23.9. The summed E-state index contributed by atoms with van der Waals surface area (Å²) in [6.45, 7) is 4.72. The minimum Gasteiger partial charge on any atom is -0.480 e. The topological polar surface area (TPSA) is 116 Å². The van der Waals surface area contributed by atoms with E-state index in [1.54, 1.807) is 0 Å². The number of nitrogen functional groups attached to an aromatic ring is 1. The van der Waals surface area contributed by atoms with E-state index < -0.39 is 11.6 Å². The van der Waals surface area contributed by atoms with Crippen molar-refractivity contribution in [3.8, 4) is 0 Å². The van der Waals surface area contributed by atoms with E-state index in [9.17, 15) is 9.90 Å². The van der Waals surface area contributed by atoms with E-state index in [1.165, 1.54) is 0 Å². The summed E-state index contributed by atoms with van der Waals surface area (Å²) >= 11 is 0. The summed E-state index contributed by atoms with van der Waals surface area (Å²) in [6, 6.07) is 0. The number of aromatic nitrogens is 2. The standard InChI is InChI=1S/C17H27N5O3/c1-2-17(25)6-3-7-22(11-17)15-12-4-8-21(10-14(23)24)9-5-13(12)19-16(18)20-15/h25H,2-11H2,1H3,(H,23,24)(H2,18,19,20). The second-order valence-electron chi connectivity index (χ2n) is 7.10. The van der Waals surface area contributed by atoms with Gasteiger partial charge in [0.1, 0.15) is 5.82 Å². The van der Waals surface area contributed by atoms with E-state index >= 15 is 0 Å². The summed E-state index contributed by atoms with van der Waals surface area (Å²) in [5, 5.41) is 19.7. The van der Waals surface area contributed by atoms with Gasteiger partial charge in [0, 0.05) is 38.2 Å². The number of fused-ring (bicyclic) bond motifs is 1. The molecule has 1 fully saturated rings. The molecule has 0 saturated carbocycles. The predicted octanol–water partition coefficient (Wildman–Crippen LogP) is 0.285. The molecule has 1 unspecified atom stereocenters. The van der Waals surface area contributed by atoms with Crippen molar-refractivity contribution < 1.29 is 15.0 Å². The maximum absolute atomic E-state index is 11.0. The van der Waals surface area contributed by atoms with E-state index in [0.29, 0.717) is 38.9 Å². The molecule has 25 heavy (non-hydrogen) atoms. The highest BCUT2D eigenvalue weighted by molar-refractivity contribution is 5.69. The fourth-order valence-electron chi connectivity index (χ4n) is 3.84. The lowest BCUT2D eigenvalue weighted by Gasteiger charge is -2.40. The third-order valence-electron chi connectivity index (χ3n) is 5.30. The first-order chi connectivity index (χ1) is 11.9. The fourth-order valence-corrected chi connectivity index (χ4v) is 3.84. The number of carbonyl (C=O) groups is 1. The number of hydrogen-bond donors (Lipinski definition) is 3. The predicted molar refractivity (Wildman–Crippen MR) is 94.6 cm³/mol. The zero-order valence-electron chi connectivity index (χ0n) is 14.7. The average Bonchev–Trinajstić information content (AvgIpc) is 2.76. The number of anilines is 2. The minimum absolute atomic E-state index is 0.0333. The van der Waals surface area contributed by atoms with Crippen molar-refractivity contribution in [2.24, 2.45) is 0 Å². The Morgan fingerprint density at radius 3 is 2.76 bits per heavy atom. The number of carboxylic acids is 1. The lowest BCUT2D eigenvalue weighted by Crippen LogP contribution is -2.48. The molecule has 4 N–H and O–H groups in total. The molecule has 0 aromatic carbocycles. The van der Waals surface area contributed by atoms with Crippen LogP contribution < -0.4 is 10.6 Å². The van der Waals surface area contributed by atoms with Crippen molar-refractivity contribution in [3.63, 3.8) is 0 Å². The highest BCUT2D eigenvalue weighted by Crippen LogP contribution is 2.31. The van der Waals surface area contributed by atoms with Crippen LogP contribution in [0.4, 0.5) is 11.8 Å². The summed E-state index contributed by atoms with van der Waals surface area (Å²) in [5.41, 5.74) is 7.19. The van der Waals surface area contributed by atoms with E-state index in [4.69, 9.17) is 10.8 Å². The Bertz CT molecular complexity index is 653. The highest BCUT2D eigenvalue weighted by atomic mass is 16.4. The SMILES string of the molecule is CCC1(O)CCCN(c2nc(N)nc3c2CCN(CC(=O)O)CC3)C1. The molecule has 0 radical (unpaired) electrons. The monoisotopic (exact) mass is 349 g/mol. The number of aliphatic carboxylic acids is 1. The molecule has 2 aliphatic rings. The molecule has 1 atom stereocenters. The number of nitrogens with zero attached hydrogens (tertiary/aromatic N) is 4. The van der Waals surface area contributed by atoms with Crippen LogP contribution in [-0.2, 0) is 17.6 Å². The van der Waals surface area contributed by atoms with Crippen LogP contribution in [0.3, 0.4) is 0 Å². The van der Waals surface area contributed by atoms with Crippen molar-refractivity contribution >= 4 is 17.7 Å². The number of hydrogen-bond acceptors (Lipinski definition) is 7. The van der Waals surface area contributed by atoms with Gasteiger partial charge < -0.3 is 20.8 Å². The van der Waals surface area contributed by atoms with Gasteiger partial charge in [-0.1, -0.05) is 6.92 Å². The van der Waals surface area contributed by atoms with Crippen LogP contribution in [0.1, 0.15) is 37.4 Å². The summed E-state index contributed by atoms with van der Waals surface area (Å²) in [7, 11) is 0. The van der Waals surface area contributed by atoms with Crippen molar-refractivity contribution in [1.29, 1.82) is 0 Å². The Hall–Kier alpha value is -1.93. The smallest absolute Gasteiger partial charge is 0.317 e. The first-order valence-electron chi connectivity index (χ1n) is 8.97. The van der Waals surface area contributed by atoms with Gasteiger partial charge in [0.05, 0.1) is 17.8 Å². The Balaban J connectivity index is 1.87. The lowest BCUT2D eigenvalue weighted by molar-refractivity contribution is -0.138. The van der Waals surface area contributed by atoms with Crippen LogP contribution >= 0.6 is 0 Å². The number of rotatable bonds is 4. The van der Waals surface area contributed by atoms with E-state index in [2.05, 4.69) is 14.9 Å². The number of aliphatic hydroxyl groups is 1. The average molecular weight is 349 g/mol. The zero-order valence-corrected chi connectivity index (χ0v) is 14.7. The fraction of sp³-hybridized carbons (Fsp3) is 0.706. The van der Waals surface area contributed by atoms with Crippen molar-refractivity contribution in [2.45, 2.75) is 44.6 Å². The Labute approximate surface area is 147 Å². The molecule has 1 saturated heterocycles. The number of piperidine rings is 1. The molecule has 8 heteroatoms. The van der Waals surface area contributed by atoms with Gasteiger partial charge in [-0.15, -0.1) is 0 Å². The van der Waals surface area contributed by atoms with Crippen molar-refractivity contribution in [2.75, 3.05) is 43.4 Å². The number of carboxylic acid groups (broad SMARTS) is 1. The molecular formula is C17H27N5O3. The van der Waals surface area contributed by atoms with E-state index in [-0.39, 0.29) is 12.5 Å². The van der Waals surface area contributed by atoms with Crippen LogP contribution in [0.15, 0.2) is 0 Å². The second-order valence-corrected chi connectivity index (χ2v) is 7.10. The Kier molecular flexibility index (Phi) is 5.10. The Morgan fingerprint density at radius 1 is 1.28 bits per heavy atom. The molecule has 8 nitrogen and oxygen atoms in total. The van der Waals surface area contributed by atoms with E-state index in [1.807, 2.05) is 11.8 Å². The third-order valence-corrected chi connectivity index (χ3v) is 5.30. The van der Waals surface area contributed by atoms with Gasteiger partial charge in [0.2, 0.25) is 5.95 Å².